The number of nitrogens with one attached hydrogen (secondary N) is 1. The number of rotatable bonds is 5. The predicted octanol–water partition coefficient (Wildman–Crippen LogP) is 2.33. The molecule has 0 unspecified atom stereocenters. The molecule has 1 amide bonds. The van der Waals surface area contributed by atoms with E-state index in [1.807, 2.05) is 4.90 Å². The highest BCUT2D eigenvalue weighted by Gasteiger charge is 2.25. The number of likely N-dealkylation sites (tertiary alicyclic amines) is 1. The van der Waals surface area contributed by atoms with Gasteiger partial charge in [0.25, 0.3) is 0 Å². The Balaban J connectivity index is 1.71. The highest BCUT2D eigenvalue weighted by molar-refractivity contribution is 5.78. The molecule has 1 aliphatic heterocycles. The molecule has 2 aromatic rings. The molecule has 1 N–H and O–H groups in total. The Morgan fingerprint density at radius 1 is 1.44 bits per heavy atom. The Morgan fingerprint density at radius 3 is 3.12 bits per heavy atom. The molecular weight excluding hydrogens is 323 g/mol. The first-order valence-electron chi connectivity index (χ1n) is 8.33. The van der Waals surface area contributed by atoms with E-state index in [0.717, 1.165) is 25.1 Å². The average molecular weight is 344 g/mol. The van der Waals surface area contributed by atoms with E-state index in [-0.39, 0.29) is 17.6 Å². The Bertz CT molecular complexity index is 741. The normalized spacial score (nSPS) is 17.4. The predicted molar refractivity (Wildman–Crippen MR) is 91.0 cm³/mol. The van der Waals surface area contributed by atoms with E-state index in [9.17, 15) is 9.18 Å². The van der Waals surface area contributed by atoms with Crippen molar-refractivity contribution in [2.24, 2.45) is 0 Å². The van der Waals surface area contributed by atoms with Crippen LogP contribution in [0.4, 0.5) is 4.39 Å². The lowest BCUT2D eigenvalue weighted by Crippen LogP contribution is -2.43. The van der Waals surface area contributed by atoms with Crippen molar-refractivity contribution in [1.82, 2.24) is 20.2 Å². The quantitative estimate of drug-likeness (QED) is 0.902. The number of carbonyl (C=O) groups is 1. The molecule has 1 aromatic carbocycles. The van der Waals surface area contributed by atoms with Gasteiger partial charge in [-0.3, -0.25) is 9.78 Å². The van der Waals surface area contributed by atoms with Gasteiger partial charge in [0.15, 0.2) is 0 Å². The zero-order chi connectivity index (χ0) is 17.6. The lowest BCUT2D eigenvalue weighted by Gasteiger charge is -2.32. The van der Waals surface area contributed by atoms with E-state index in [0.29, 0.717) is 24.7 Å². The van der Waals surface area contributed by atoms with Crippen molar-refractivity contribution < 1.29 is 13.9 Å². The van der Waals surface area contributed by atoms with Crippen LogP contribution in [-0.4, -0.2) is 47.5 Å². The highest BCUT2D eigenvalue weighted by atomic mass is 19.1. The van der Waals surface area contributed by atoms with Gasteiger partial charge >= 0.3 is 0 Å². The van der Waals surface area contributed by atoms with Gasteiger partial charge in [-0.1, -0.05) is 6.07 Å². The summed E-state index contributed by atoms with van der Waals surface area (Å²) >= 11 is 0. The number of nitrogens with zero attached hydrogens (tertiary/aromatic N) is 3. The van der Waals surface area contributed by atoms with Gasteiger partial charge in [0.2, 0.25) is 11.8 Å². The number of likely N-dealkylation sites (N-methyl/N-ethyl adjacent to an activating group) is 1. The van der Waals surface area contributed by atoms with E-state index in [1.54, 1.807) is 25.4 Å². The van der Waals surface area contributed by atoms with E-state index in [1.165, 1.54) is 18.3 Å². The Morgan fingerprint density at radius 2 is 2.32 bits per heavy atom. The van der Waals surface area contributed by atoms with Crippen molar-refractivity contribution in [3.63, 3.8) is 0 Å². The second-order valence-electron chi connectivity index (χ2n) is 6.05. The van der Waals surface area contributed by atoms with Crippen molar-refractivity contribution in [1.29, 1.82) is 0 Å². The van der Waals surface area contributed by atoms with Crippen LogP contribution in [0.3, 0.4) is 0 Å². The van der Waals surface area contributed by atoms with Gasteiger partial charge in [-0.05, 0) is 32.0 Å². The second kappa shape index (κ2) is 8.02. The maximum Gasteiger partial charge on any atom is 0.238 e. The SMILES string of the molecule is CNCC(=O)N1CCC[C@@H](c2cncc(Oc3cccc(F)c3)n2)C1. The number of halogens is 1. The van der Waals surface area contributed by atoms with Crippen LogP contribution in [-0.2, 0) is 4.79 Å². The van der Waals surface area contributed by atoms with Crippen molar-refractivity contribution in [2.75, 3.05) is 26.7 Å². The molecule has 1 fully saturated rings. The molecular formula is C18H21FN4O2. The maximum atomic E-state index is 13.3. The maximum absolute atomic E-state index is 13.3. The van der Waals surface area contributed by atoms with Gasteiger partial charge in [0.05, 0.1) is 18.4 Å². The zero-order valence-corrected chi connectivity index (χ0v) is 14.1. The van der Waals surface area contributed by atoms with Crippen LogP contribution in [0.15, 0.2) is 36.7 Å². The van der Waals surface area contributed by atoms with Crippen LogP contribution in [0.2, 0.25) is 0 Å². The van der Waals surface area contributed by atoms with Crippen molar-refractivity contribution in [3.8, 4) is 11.6 Å². The molecule has 0 saturated carbocycles. The summed E-state index contributed by atoms with van der Waals surface area (Å²) in [5.41, 5.74) is 0.788. The first kappa shape index (κ1) is 17.3. The van der Waals surface area contributed by atoms with Crippen molar-refractivity contribution in [3.05, 3.63) is 48.2 Å². The molecule has 3 rings (SSSR count). The molecule has 0 aliphatic carbocycles. The monoisotopic (exact) mass is 344 g/mol. The molecule has 1 aromatic heterocycles. The second-order valence-corrected chi connectivity index (χ2v) is 6.05. The summed E-state index contributed by atoms with van der Waals surface area (Å²) in [5.74, 6) is 0.542. The van der Waals surface area contributed by atoms with Crippen LogP contribution in [0, 0.1) is 5.82 Å². The fraction of sp³-hybridized carbons (Fsp3) is 0.389. The number of benzene rings is 1. The molecule has 25 heavy (non-hydrogen) atoms. The topological polar surface area (TPSA) is 67.4 Å². The van der Waals surface area contributed by atoms with Crippen LogP contribution >= 0.6 is 0 Å². The molecule has 132 valence electrons. The van der Waals surface area contributed by atoms with Crippen LogP contribution in [0.25, 0.3) is 0 Å². The minimum absolute atomic E-state index is 0.0901. The zero-order valence-electron chi connectivity index (χ0n) is 14.1. The Hall–Kier alpha value is -2.54. The molecule has 1 aliphatic rings. The summed E-state index contributed by atoms with van der Waals surface area (Å²) in [6.07, 6.45) is 5.08. The summed E-state index contributed by atoms with van der Waals surface area (Å²) < 4.78 is 18.9. The summed E-state index contributed by atoms with van der Waals surface area (Å²) in [7, 11) is 1.76. The van der Waals surface area contributed by atoms with Gasteiger partial charge in [-0.25, -0.2) is 9.37 Å². The molecule has 1 saturated heterocycles. The van der Waals surface area contributed by atoms with Gasteiger partial charge in [-0.2, -0.15) is 0 Å². The summed E-state index contributed by atoms with van der Waals surface area (Å²) in [4.78, 5) is 22.6. The largest absolute Gasteiger partial charge is 0.437 e. The van der Waals surface area contributed by atoms with E-state index in [2.05, 4.69) is 15.3 Å². The first-order valence-corrected chi connectivity index (χ1v) is 8.33. The third kappa shape index (κ3) is 4.51. The Kier molecular flexibility index (Phi) is 5.55. The smallest absolute Gasteiger partial charge is 0.238 e. The minimum atomic E-state index is -0.368. The number of carbonyl (C=O) groups excluding carboxylic acids is 1. The van der Waals surface area contributed by atoms with E-state index in [4.69, 9.17) is 4.74 Å². The summed E-state index contributed by atoms with van der Waals surface area (Å²) in [6.45, 7) is 1.73. The van der Waals surface area contributed by atoms with Gasteiger partial charge in [-0.15, -0.1) is 0 Å². The Labute approximate surface area is 146 Å². The molecule has 6 nitrogen and oxygen atoms in total. The number of amides is 1. The van der Waals surface area contributed by atoms with E-state index < -0.39 is 0 Å². The number of aromatic nitrogens is 2. The summed E-state index contributed by atoms with van der Waals surface area (Å²) in [6, 6.07) is 5.89. The van der Waals surface area contributed by atoms with Crippen LogP contribution in [0.5, 0.6) is 11.6 Å². The number of piperidine rings is 1. The third-order valence-corrected chi connectivity index (χ3v) is 4.17. The van der Waals surface area contributed by atoms with Crippen LogP contribution < -0.4 is 10.1 Å². The molecule has 0 radical (unpaired) electrons. The fourth-order valence-electron chi connectivity index (χ4n) is 2.97. The van der Waals surface area contributed by atoms with E-state index >= 15 is 0 Å². The molecule has 2 heterocycles. The lowest BCUT2D eigenvalue weighted by molar-refractivity contribution is -0.131. The standard InChI is InChI=1S/C18H21FN4O2/c1-20-11-18(24)23-7-3-4-13(12-23)16-9-21-10-17(22-16)25-15-6-2-5-14(19)8-15/h2,5-6,8-10,13,20H,3-4,7,11-12H2,1H3/t13-/m1/s1. The molecule has 1 atom stereocenters. The number of hydrogen-bond acceptors (Lipinski definition) is 5. The van der Waals surface area contributed by atoms with Gasteiger partial charge < -0.3 is 15.0 Å². The third-order valence-electron chi connectivity index (χ3n) is 4.17. The first-order chi connectivity index (χ1) is 12.2. The van der Waals surface area contributed by atoms with Crippen molar-refractivity contribution >= 4 is 5.91 Å². The number of hydrogen-bond donors (Lipinski definition) is 1. The minimum Gasteiger partial charge on any atom is -0.437 e. The molecule has 0 spiro atoms. The summed E-state index contributed by atoms with van der Waals surface area (Å²) in [5, 5.41) is 2.89. The van der Waals surface area contributed by atoms with Crippen molar-refractivity contribution in [2.45, 2.75) is 18.8 Å². The van der Waals surface area contributed by atoms with Gasteiger partial charge in [0, 0.05) is 31.3 Å². The molecule has 7 heteroatoms. The fourth-order valence-corrected chi connectivity index (χ4v) is 2.97. The highest BCUT2D eigenvalue weighted by Crippen LogP contribution is 2.27. The number of ether oxygens (including phenoxy) is 1. The average Bonchev–Trinajstić information content (AvgIpc) is 2.62. The van der Waals surface area contributed by atoms with Crippen LogP contribution in [0.1, 0.15) is 24.5 Å². The van der Waals surface area contributed by atoms with Gasteiger partial charge in [0.1, 0.15) is 11.6 Å². The molecule has 0 bridgehead atoms. The lowest BCUT2D eigenvalue weighted by atomic mass is 9.95.